The molecule has 2 aliphatic heterocycles. The number of H-pyrrole nitrogens is 1. The summed E-state index contributed by atoms with van der Waals surface area (Å²) in [6.07, 6.45) is 10.7. The van der Waals surface area contributed by atoms with Crippen molar-refractivity contribution in [3.63, 3.8) is 0 Å². The van der Waals surface area contributed by atoms with E-state index in [0.717, 1.165) is 74.0 Å². The van der Waals surface area contributed by atoms with E-state index >= 15 is 0 Å². The van der Waals surface area contributed by atoms with Gasteiger partial charge in [-0.15, -0.1) is 0 Å². The topological polar surface area (TPSA) is 123 Å². The zero-order chi connectivity index (χ0) is 26.9. The molecule has 3 fully saturated rings. The molecule has 3 unspecified atom stereocenters. The number of hydrazine groups is 1. The molecule has 3 atom stereocenters. The minimum absolute atomic E-state index is 0.0649. The molecule has 1 aliphatic carbocycles. The van der Waals surface area contributed by atoms with Crippen LogP contribution < -0.4 is 26.4 Å². The van der Waals surface area contributed by atoms with Crippen LogP contribution >= 0.6 is 0 Å². The molecule has 5 N–H and O–H groups in total. The van der Waals surface area contributed by atoms with E-state index in [1.165, 1.54) is 5.69 Å². The van der Waals surface area contributed by atoms with Gasteiger partial charge in [0, 0.05) is 78.5 Å². The summed E-state index contributed by atoms with van der Waals surface area (Å²) in [6.45, 7) is 2.85. The van der Waals surface area contributed by atoms with Gasteiger partial charge in [0.05, 0.1) is 0 Å². The fourth-order valence-electron chi connectivity index (χ4n) is 6.41. The third-order valence-electron chi connectivity index (χ3n) is 8.63. The Morgan fingerprint density at radius 1 is 0.950 bits per heavy atom. The van der Waals surface area contributed by atoms with E-state index in [4.69, 9.17) is 4.98 Å². The average Bonchev–Trinajstić information content (AvgIpc) is 3.65. The van der Waals surface area contributed by atoms with Crippen LogP contribution in [0.15, 0.2) is 61.1 Å². The third kappa shape index (κ3) is 5.24. The second-order valence-electron chi connectivity index (χ2n) is 11.2. The molecule has 7 rings (SSSR count). The maximum absolute atomic E-state index is 13.1. The number of amides is 1. The van der Waals surface area contributed by atoms with Gasteiger partial charge in [-0.2, -0.15) is 0 Å². The van der Waals surface area contributed by atoms with Gasteiger partial charge in [-0.1, -0.05) is 12.1 Å². The molecule has 3 aliphatic rings. The van der Waals surface area contributed by atoms with Crippen LogP contribution in [-0.2, 0) is 0 Å². The molecule has 4 aromatic rings. The zero-order valence-corrected chi connectivity index (χ0v) is 22.4. The maximum atomic E-state index is 13.1. The normalized spacial score (nSPS) is 23.2. The van der Waals surface area contributed by atoms with E-state index in [-0.39, 0.29) is 11.9 Å². The standard InChI is InChI=1S/C30H35N9O/c40-30(35-22-8-13-39(14-9-22)24-5-10-31-11-6-24)27-16-19-1-2-20(17-26(19)36-27)29-32-12-7-28(37-29)34-23-3-4-25-21(15-23)18-33-38-25/h1-2,5-7,10-12,16-17,21-23,25,33,36,38H,3-4,8-9,13-15,18H2,(H,35,40)(H,32,34,37). The highest BCUT2D eigenvalue weighted by Crippen LogP contribution is 2.29. The number of nitrogens with zero attached hydrogens (tertiary/aromatic N) is 4. The molecule has 0 spiro atoms. The first-order valence-electron chi connectivity index (χ1n) is 14.3. The summed E-state index contributed by atoms with van der Waals surface area (Å²) < 4.78 is 0. The Kier molecular flexibility index (Phi) is 6.78. The van der Waals surface area contributed by atoms with Crippen molar-refractivity contribution < 1.29 is 4.79 Å². The van der Waals surface area contributed by atoms with Crippen LogP contribution in [0.25, 0.3) is 22.3 Å². The number of hydrogen-bond donors (Lipinski definition) is 5. The average molecular weight is 538 g/mol. The van der Waals surface area contributed by atoms with Crippen molar-refractivity contribution in [1.29, 1.82) is 0 Å². The van der Waals surface area contributed by atoms with Gasteiger partial charge in [-0.25, -0.2) is 9.97 Å². The summed E-state index contributed by atoms with van der Waals surface area (Å²) in [5.74, 6) is 2.12. The highest BCUT2D eigenvalue weighted by atomic mass is 16.1. The van der Waals surface area contributed by atoms with Gasteiger partial charge in [0.2, 0.25) is 0 Å². The number of pyridine rings is 1. The fraction of sp³-hybridized carbons (Fsp3) is 0.400. The van der Waals surface area contributed by atoms with Crippen LogP contribution in [0, 0.1) is 5.92 Å². The van der Waals surface area contributed by atoms with Crippen molar-refractivity contribution in [2.24, 2.45) is 5.92 Å². The molecule has 10 heteroatoms. The van der Waals surface area contributed by atoms with Crippen LogP contribution in [0.4, 0.5) is 11.5 Å². The molecule has 3 aromatic heterocycles. The number of rotatable bonds is 6. The van der Waals surface area contributed by atoms with Crippen molar-refractivity contribution in [1.82, 2.24) is 36.1 Å². The molecule has 40 heavy (non-hydrogen) atoms. The lowest BCUT2D eigenvalue weighted by atomic mass is 9.83. The molecule has 0 radical (unpaired) electrons. The first kappa shape index (κ1) is 25.0. The third-order valence-corrected chi connectivity index (χ3v) is 8.63. The van der Waals surface area contributed by atoms with Crippen LogP contribution in [0.5, 0.6) is 0 Å². The molecule has 10 nitrogen and oxygen atoms in total. The predicted octanol–water partition coefficient (Wildman–Crippen LogP) is 3.48. The minimum Gasteiger partial charge on any atom is -0.371 e. The predicted molar refractivity (Wildman–Crippen MR) is 156 cm³/mol. The minimum atomic E-state index is -0.0649. The number of aromatic nitrogens is 4. The number of carbonyl (C=O) groups is 1. The van der Waals surface area contributed by atoms with Gasteiger partial charge in [0.15, 0.2) is 5.82 Å². The number of carbonyl (C=O) groups excluding carboxylic acids is 1. The monoisotopic (exact) mass is 537 g/mol. The molecular formula is C30H35N9O. The lowest BCUT2D eigenvalue weighted by Gasteiger charge is -2.33. The second kappa shape index (κ2) is 10.9. The van der Waals surface area contributed by atoms with Crippen LogP contribution in [0.2, 0.25) is 0 Å². The van der Waals surface area contributed by atoms with Crippen molar-refractivity contribution in [3.8, 4) is 11.4 Å². The lowest BCUT2D eigenvalue weighted by Crippen LogP contribution is -2.44. The Morgan fingerprint density at radius 3 is 2.70 bits per heavy atom. The summed E-state index contributed by atoms with van der Waals surface area (Å²) in [7, 11) is 0. The number of aromatic amines is 1. The molecular weight excluding hydrogens is 502 g/mol. The quantitative estimate of drug-likeness (QED) is 0.253. The summed E-state index contributed by atoms with van der Waals surface area (Å²) in [5.41, 5.74) is 10.3. The Morgan fingerprint density at radius 2 is 1.82 bits per heavy atom. The molecule has 1 saturated carbocycles. The summed E-state index contributed by atoms with van der Waals surface area (Å²) in [6, 6.07) is 15.2. The summed E-state index contributed by atoms with van der Waals surface area (Å²) in [4.78, 5) is 32.2. The fourth-order valence-corrected chi connectivity index (χ4v) is 6.41. The zero-order valence-electron chi connectivity index (χ0n) is 22.4. The number of benzene rings is 1. The molecule has 1 amide bonds. The number of anilines is 2. The number of hydrogen-bond acceptors (Lipinski definition) is 8. The highest BCUT2D eigenvalue weighted by Gasteiger charge is 2.33. The second-order valence-corrected chi connectivity index (χ2v) is 11.2. The Bertz CT molecular complexity index is 1480. The van der Waals surface area contributed by atoms with Crippen LogP contribution in [-0.4, -0.2) is 63.6 Å². The van der Waals surface area contributed by atoms with Gasteiger partial charge in [-0.05, 0) is 68.4 Å². The van der Waals surface area contributed by atoms with Crippen molar-refractivity contribution in [2.45, 2.75) is 50.2 Å². The molecule has 206 valence electrons. The van der Waals surface area contributed by atoms with E-state index in [9.17, 15) is 4.79 Å². The number of nitrogens with one attached hydrogen (secondary N) is 5. The molecule has 2 saturated heterocycles. The van der Waals surface area contributed by atoms with Gasteiger partial charge in [-0.3, -0.25) is 20.6 Å². The van der Waals surface area contributed by atoms with E-state index < -0.39 is 0 Å². The SMILES string of the molecule is O=C(NC1CCN(c2ccncc2)CC1)c1cc2ccc(-c3nccc(NC4CCC5NNCC5C4)n3)cc2[nH]1. The van der Waals surface area contributed by atoms with Crippen LogP contribution in [0.3, 0.4) is 0 Å². The molecule has 1 aromatic carbocycles. The van der Waals surface area contributed by atoms with Gasteiger partial charge in [0.1, 0.15) is 11.5 Å². The van der Waals surface area contributed by atoms with Crippen molar-refractivity contribution >= 4 is 28.3 Å². The summed E-state index contributed by atoms with van der Waals surface area (Å²) >= 11 is 0. The van der Waals surface area contributed by atoms with E-state index in [0.29, 0.717) is 29.5 Å². The molecule has 0 bridgehead atoms. The Labute approximate surface area is 233 Å². The lowest BCUT2D eigenvalue weighted by molar-refractivity contribution is 0.0927. The van der Waals surface area contributed by atoms with Crippen LogP contribution in [0.1, 0.15) is 42.6 Å². The van der Waals surface area contributed by atoms with E-state index in [1.54, 1.807) is 0 Å². The summed E-state index contributed by atoms with van der Waals surface area (Å²) in [5, 5.41) is 7.85. The van der Waals surface area contributed by atoms with Gasteiger partial charge >= 0.3 is 0 Å². The van der Waals surface area contributed by atoms with Gasteiger partial charge < -0.3 is 20.5 Å². The molecule has 5 heterocycles. The van der Waals surface area contributed by atoms with E-state index in [1.807, 2.05) is 61.1 Å². The largest absolute Gasteiger partial charge is 0.371 e. The number of fused-ring (bicyclic) bond motifs is 2. The van der Waals surface area contributed by atoms with E-state index in [2.05, 4.69) is 41.3 Å². The van der Waals surface area contributed by atoms with Gasteiger partial charge in [0.25, 0.3) is 5.91 Å². The smallest absolute Gasteiger partial charge is 0.267 e. The number of piperidine rings is 1. The van der Waals surface area contributed by atoms with Crippen molar-refractivity contribution in [2.75, 3.05) is 29.9 Å². The first-order chi connectivity index (χ1) is 19.7. The Hall–Kier alpha value is -4.02. The maximum Gasteiger partial charge on any atom is 0.267 e. The Balaban J connectivity index is 0.994. The first-order valence-corrected chi connectivity index (χ1v) is 14.3. The van der Waals surface area contributed by atoms with Crippen molar-refractivity contribution in [3.05, 3.63) is 66.7 Å². The highest BCUT2D eigenvalue weighted by molar-refractivity contribution is 5.98.